The highest BCUT2D eigenvalue weighted by Gasteiger charge is 2.10. The Morgan fingerprint density at radius 1 is 0.840 bits per heavy atom. The molecule has 0 spiro atoms. The van der Waals surface area contributed by atoms with E-state index in [-0.39, 0.29) is 5.78 Å². The van der Waals surface area contributed by atoms with E-state index in [1.54, 1.807) is 20.3 Å². The van der Waals surface area contributed by atoms with Gasteiger partial charge in [0.15, 0.2) is 17.3 Å². The molecule has 2 aliphatic rings. The second-order valence-electron chi connectivity index (χ2n) is 6.01. The van der Waals surface area contributed by atoms with Crippen LogP contribution < -0.4 is 9.47 Å². The molecule has 0 radical (unpaired) electrons. The summed E-state index contributed by atoms with van der Waals surface area (Å²) in [6.07, 6.45) is 4.20. The lowest BCUT2D eigenvalue weighted by atomic mass is 10.1. The summed E-state index contributed by atoms with van der Waals surface area (Å²) in [7, 11) is 3.24. The molecule has 0 fully saturated rings. The van der Waals surface area contributed by atoms with Gasteiger partial charge in [-0.2, -0.15) is 0 Å². The number of ether oxygens (including phenoxy) is 3. The molecule has 2 heterocycles. The zero-order valence-electron chi connectivity index (χ0n) is 14.6. The van der Waals surface area contributed by atoms with Gasteiger partial charge in [-0.05, 0) is 48.2 Å². The fourth-order valence-electron chi connectivity index (χ4n) is 2.83. The summed E-state index contributed by atoms with van der Waals surface area (Å²) in [6, 6.07) is 13.7. The third-order valence-corrected chi connectivity index (χ3v) is 4.28. The first-order chi connectivity index (χ1) is 12.2. The molecule has 0 amide bonds. The van der Waals surface area contributed by atoms with E-state index in [1.807, 2.05) is 42.5 Å². The van der Waals surface area contributed by atoms with Crippen LogP contribution >= 0.6 is 0 Å². The average molecular weight is 338 g/mol. The third kappa shape index (κ3) is 4.41. The smallest absolute Gasteiger partial charge is 0.169 e. The van der Waals surface area contributed by atoms with Crippen molar-refractivity contribution in [2.24, 2.45) is 0 Å². The molecule has 4 nitrogen and oxygen atoms in total. The summed E-state index contributed by atoms with van der Waals surface area (Å²) in [5.74, 6) is 2.91. The normalized spacial score (nSPS) is 16.9. The minimum absolute atomic E-state index is 0.0856. The predicted molar refractivity (Wildman–Crippen MR) is 96.3 cm³/mol. The molecule has 4 rings (SSSR count). The minimum atomic E-state index is 0.0856. The Labute approximate surface area is 148 Å². The molecule has 25 heavy (non-hydrogen) atoms. The largest absolute Gasteiger partial charge is 0.501 e. The standard InChI is InChI=1S/C21H22O4/c1-23-19-11-6-16-7-12-20(24-2)21(13-16)25-18-9-4-15(5-10-18)3-8-17(22)14-19/h4-5,7,9-10,12-14H,3,6,8,11H2,1-2H3/b19-14+. The number of hydrogen-bond acceptors (Lipinski definition) is 4. The van der Waals surface area contributed by atoms with Gasteiger partial charge in [0.05, 0.1) is 20.0 Å². The Morgan fingerprint density at radius 3 is 2.28 bits per heavy atom. The van der Waals surface area contributed by atoms with Crippen LogP contribution in [0.1, 0.15) is 24.0 Å². The van der Waals surface area contributed by atoms with E-state index in [4.69, 9.17) is 14.2 Å². The number of benzene rings is 2. The van der Waals surface area contributed by atoms with Crippen molar-refractivity contribution >= 4 is 5.78 Å². The molecule has 0 aliphatic carbocycles. The molecule has 4 bridgehead atoms. The van der Waals surface area contributed by atoms with E-state index in [9.17, 15) is 4.79 Å². The van der Waals surface area contributed by atoms with Crippen LogP contribution in [0.5, 0.6) is 17.2 Å². The first-order valence-electron chi connectivity index (χ1n) is 8.39. The number of aryl methyl sites for hydroxylation is 2. The lowest BCUT2D eigenvalue weighted by Crippen LogP contribution is -2.00. The highest BCUT2D eigenvalue weighted by molar-refractivity contribution is 5.90. The molecule has 0 unspecified atom stereocenters. The molecule has 2 aromatic carbocycles. The summed E-state index contributed by atoms with van der Waals surface area (Å²) in [4.78, 5) is 12.2. The first kappa shape index (κ1) is 17.1. The molecule has 0 saturated carbocycles. The van der Waals surface area contributed by atoms with Crippen molar-refractivity contribution in [2.75, 3.05) is 14.2 Å². The van der Waals surface area contributed by atoms with Crippen molar-refractivity contribution in [3.8, 4) is 17.2 Å². The molecule has 0 N–H and O–H groups in total. The van der Waals surface area contributed by atoms with Gasteiger partial charge < -0.3 is 14.2 Å². The highest BCUT2D eigenvalue weighted by atomic mass is 16.5. The van der Waals surface area contributed by atoms with Gasteiger partial charge in [0, 0.05) is 18.9 Å². The second-order valence-corrected chi connectivity index (χ2v) is 6.01. The number of allylic oxidation sites excluding steroid dienone is 2. The quantitative estimate of drug-likeness (QED) is 0.811. The maximum atomic E-state index is 12.2. The van der Waals surface area contributed by atoms with Crippen molar-refractivity contribution in [2.45, 2.75) is 25.7 Å². The van der Waals surface area contributed by atoms with Gasteiger partial charge >= 0.3 is 0 Å². The average Bonchev–Trinajstić information content (AvgIpc) is 2.64. The van der Waals surface area contributed by atoms with Gasteiger partial charge in [-0.25, -0.2) is 0 Å². The van der Waals surface area contributed by atoms with Crippen molar-refractivity contribution in [3.05, 3.63) is 65.4 Å². The van der Waals surface area contributed by atoms with E-state index in [1.165, 1.54) is 0 Å². The molecular weight excluding hydrogens is 316 g/mol. The fourth-order valence-corrected chi connectivity index (χ4v) is 2.83. The number of hydrogen-bond donors (Lipinski definition) is 0. The van der Waals surface area contributed by atoms with Crippen LogP contribution in [0, 0.1) is 0 Å². The fraction of sp³-hybridized carbons (Fsp3) is 0.286. The van der Waals surface area contributed by atoms with Crippen LogP contribution in [0.15, 0.2) is 54.3 Å². The zero-order chi connectivity index (χ0) is 17.6. The monoisotopic (exact) mass is 338 g/mol. The molecular formula is C21H22O4. The lowest BCUT2D eigenvalue weighted by molar-refractivity contribution is -0.114. The van der Waals surface area contributed by atoms with E-state index in [0.717, 1.165) is 23.3 Å². The maximum Gasteiger partial charge on any atom is 0.169 e. The Hall–Kier alpha value is -2.75. The van der Waals surface area contributed by atoms with Crippen LogP contribution in [0.2, 0.25) is 0 Å². The molecule has 2 aromatic rings. The highest BCUT2D eigenvalue weighted by Crippen LogP contribution is 2.33. The van der Waals surface area contributed by atoms with Crippen molar-refractivity contribution in [1.29, 1.82) is 0 Å². The second kappa shape index (κ2) is 7.88. The van der Waals surface area contributed by atoms with Crippen LogP contribution in [0.25, 0.3) is 0 Å². The topological polar surface area (TPSA) is 44.8 Å². The SMILES string of the molecule is CO/C1=C/C(=O)CCc2ccc(cc2)Oc2cc(ccc2OC)CC1. The maximum absolute atomic E-state index is 12.2. The molecule has 0 atom stereocenters. The van der Waals surface area contributed by atoms with E-state index < -0.39 is 0 Å². The van der Waals surface area contributed by atoms with Crippen LogP contribution in [-0.4, -0.2) is 20.0 Å². The number of rotatable bonds is 2. The lowest BCUT2D eigenvalue weighted by Gasteiger charge is -2.13. The number of methoxy groups -OCH3 is 2. The third-order valence-electron chi connectivity index (χ3n) is 4.28. The Morgan fingerprint density at radius 2 is 1.56 bits per heavy atom. The summed E-state index contributed by atoms with van der Waals surface area (Å²) in [6.45, 7) is 0. The molecule has 0 aromatic heterocycles. The van der Waals surface area contributed by atoms with Gasteiger partial charge in [0.2, 0.25) is 0 Å². The molecule has 0 saturated heterocycles. The number of ketones is 1. The van der Waals surface area contributed by atoms with E-state index in [0.29, 0.717) is 36.5 Å². The van der Waals surface area contributed by atoms with Crippen molar-refractivity contribution < 1.29 is 19.0 Å². The van der Waals surface area contributed by atoms with Crippen molar-refractivity contribution in [1.82, 2.24) is 0 Å². The van der Waals surface area contributed by atoms with Crippen molar-refractivity contribution in [3.63, 3.8) is 0 Å². The van der Waals surface area contributed by atoms with Crippen LogP contribution in [0.4, 0.5) is 0 Å². The molecule has 4 heteroatoms. The van der Waals surface area contributed by atoms with Crippen LogP contribution in [-0.2, 0) is 22.4 Å². The summed E-state index contributed by atoms with van der Waals surface area (Å²) >= 11 is 0. The number of fused-ring (bicyclic) bond motifs is 7. The van der Waals surface area contributed by atoms with E-state index >= 15 is 0 Å². The zero-order valence-corrected chi connectivity index (χ0v) is 14.6. The van der Waals surface area contributed by atoms with Gasteiger partial charge in [-0.15, -0.1) is 0 Å². The minimum Gasteiger partial charge on any atom is -0.501 e. The predicted octanol–water partition coefficient (Wildman–Crippen LogP) is 4.47. The molecule has 2 aliphatic heterocycles. The van der Waals surface area contributed by atoms with Gasteiger partial charge in [-0.3, -0.25) is 4.79 Å². The number of carbonyl (C=O) groups excluding carboxylic acids is 1. The summed E-state index contributed by atoms with van der Waals surface area (Å²) in [5, 5.41) is 0. The van der Waals surface area contributed by atoms with Gasteiger partial charge in [0.1, 0.15) is 5.75 Å². The summed E-state index contributed by atoms with van der Waals surface area (Å²) in [5.41, 5.74) is 2.20. The Bertz CT molecular complexity index is 775. The van der Waals surface area contributed by atoms with Gasteiger partial charge in [0.25, 0.3) is 0 Å². The first-order valence-corrected chi connectivity index (χ1v) is 8.39. The Balaban J connectivity index is 1.97. The number of carbonyl (C=O) groups is 1. The molecule has 130 valence electrons. The summed E-state index contributed by atoms with van der Waals surface area (Å²) < 4.78 is 16.8. The van der Waals surface area contributed by atoms with Crippen LogP contribution in [0.3, 0.4) is 0 Å². The Kier molecular flexibility index (Phi) is 5.39. The van der Waals surface area contributed by atoms with Gasteiger partial charge in [-0.1, -0.05) is 18.2 Å². The van der Waals surface area contributed by atoms with E-state index in [2.05, 4.69) is 0 Å².